The first kappa shape index (κ1) is 28.4. The number of ether oxygens (including phenoxy) is 2. The Hall–Kier alpha value is -2.57. The van der Waals surface area contributed by atoms with Gasteiger partial charge < -0.3 is 20.1 Å². The molecule has 0 unspecified atom stereocenters. The second kappa shape index (κ2) is 13.7. The fraction of sp³-hybridized carbons (Fsp3) is 0.625. The maximum absolute atomic E-state index is 12.9. The lowest BCUT2D eigenvalue weighted by Gasteiger charge is -2.26. The first-order valence-electron chi connectivity index (χ1n) is 10.7. The third-order valence-electron chi connectivity index (χ3n) is 4.00. The van der Waals surface area contributed by atoms with E-state index in [2.05, 4.69) is 23.8 Å². The summed E-state index contributed by atoms with van der Waals surface area (Å²) in [5, 5.41) is 5.37. The molecule has 0 rings (SSSR count). The highest BCUT2D eigenvalue weighted by molar-refractivity contribution is 5.89. The van der Waals surface area contributed by atoms with Gasteiger partial charge in [0.1, 0.15) is 24.3 Å². The summed E-state index contributed by atoms with van der Waals surface area (Å²) in [6.45, 7) is 20.3. The average Bonchev–Trinajstić information content (AvgIpc) is 2.61. The van der Waals surface area contributed by atoms with E-state index in [0.29, 0.717) is 18.4 Å². The summed E-state index contributed by atoms with van der Waals surface area (Å²) in [5.74, 6) is -0.713. The molecule has 0 fully saturated rings. The number of nitrogens with one attached hydrogen (secondary N) is 2. The standard InChI is InChI=1S/C24H40N2O5.2H2/c1-10-12-18(11-2)15-30-22(28)20(14-17(5)6)25-21(27)19(13-16(3)4)26-23(29)31-24(7,8)9;;/h10-12,16-17,19-20H,1-2,13-15H2,3-9H3,(H,25,27)(H,26,29);2*1H/b18-12+;;/t19-,20-;;/m0../s1. The first-order valence-corrected chi connectivity index (χ1v) is 10.7. The Morgan fingerprint density at radius 1 is 0.968 bits per heavy atom. The SMILES string of the molecule is C=C/C=C(\C=C)COC(=O)[C@H](CC(C)C)NC(=O)[C@H](CC(C)C)NC(=O)OC(C)(C)C.[HH].[HH]. The monoisotopic (exact) mass is 440 g/mol. The van der Waals surface area contributed by atoms with Crippen LogP contribution in [0.2, 0.25) is 0 Å². The van der Waals surface area contributed by atoms with Crippen LogP contribution in [-0.4, -0.2) is 42.3 Å². The number of carbonyl (C=O) groups is 3. The van der Waals surface area contributed by atoms with Crippen molar-refractivity contribution in [3.8, 4) is 0 Å². The van der Waals surface area contributed by atoms with Crippen LogP contribution in [0.1, 0.15) is 64.2 Å². The van der Waals surface area contributed by atoms with Crippen molar-refractivity contribution in [1.82, 2.24) is 10.6 Å². The zero-order valence-corrected chi connectivity index (χ0v) is 20.1. The van der Waals surface area contributed by atoms with Crippen molar-refractivity contribution in [2.24, 2.45) is 11.8 Å². The molecule has 180 valence electrons. The number of esters is 1. The van der Waals surface area contributed by atoms with E-state index in [1.54, 1.807) is 39.0 Å². The van der Waals surface area contributed by atoms with Gasteiger partial charge in [-0.1, -0.05) is 59.1 Å². The molecule has 0 bridgehead atoms. The number of amides is 2. The normalized spacial score (nSPS) is 13.9. The van der Waals surface area contributed by atoms with Crippen LogP contribution in [0.25, 0.3) is 0 Å². The molecule has 7 nitrogen and oxygen atoms in total. The fourth-order valence-electron chi connectivity index (χ4n) is 2.69. The van der Waals surface area contributed by atoms with Crippen molar-refractivity contribution in [2.75, 3.05) is 6.61 Å². The van der Waals surface area contributed by atoms with Crippen molar-refractivity contribution in [3.05, 3.63) is 37.0 Å². The molecule has 0 aliphatic carbocycles. The molecule has 2 N–H and O–H groups in total. The molecule has 0 spiro atoms. The lowest BCUT2D eigenvalue weighted by atomic mass is 10.0. The summed E-state index contributed by atoms with van der Waals surface area (Å²) >= 11 is 0. The summed E-state index contributed by atoms with van der Waals surface area (Å²) in [5.41, 5.74) is 0.0108. The third-order valence-corrected chi connectivity index (χ3v) is 4.00. The summed E-state index contributed by atoms with van der Waals surface area (Å²) in [4.78, 5) is 37.8. The van der Waals surface area contributed by atoms with Gasteiger partial charge in [-0.2, -0.15) is 0 Å². The number of rotatable bonds is 12. The minimum Gasteiger partial charge on any atom is -0.459 e. The van der Waals surface area contributed by atoms with E-state index in [1.807, 2.05) is 27.7 Å². The van der Waals surface area contributed by atoms with E-state index < -0.39 is 35.7 Å². The summed E-state index contributed by atoms with van der Waals surface area (Å²) < 4.78 is 10.6. The van der Waals surface area contributed by atoms with Crippen LogP contribution < -0.4 is 10.6 Å². The highest BCUT2D eigenvalue weighted by Crippen LogP contribution is 2.12. The van der Waals surface area contributed by atoms with Crippen LogP contribution in [0.15, 0.2) is 37.0 Å². The quantitative estimate of drug-likeness (QED) is 0.336. The molecule has 2 atom stereocenters. The van der Waals surface area contributed by atoms with Gasteiger partial charge in [0.05, 0.1) is 0 Å². The molecule has 0 aromatic rings. The van der Waals surface area contributed by atoms with Gasteiger partial charge in [0, 0.05) is 2.85 Å². The maximum atomic E-state index is 12.9. The van der Waals surface area contributed by atoms with Gasteiger partial charge in [-0.05, 0) is 51.0 Å². The molecule has 2 amide bonds. The number of alkyl carbamates (subject to hydrolysis) is 1. The van der Waals surface area contributed by atoms with Gasteiger partial charge in [0.2, 0.25) is 5.91 Å². The molecule has 0 saturated carbocycles. The molecule has 0 heterocycles. The second-order valence-corrected chi connectivity index (χ2v) is 9.31. The Morgan fingerprint density at radius 3 is 1.97 bits per heavy atom. The number of hydrogen-bond donors (Lipinski definition) is 2. The third kappa shape index (κ3) is 13.4. The number of carbonyl (C=O) groups excluding carboxylic acids is 3. The van der Waals surface area contributed by atoms with Crippen LogP contribution in [0.4, 0.5) is 4.79 Å². The van der Waals surface area contributed by atoms with E-state index >= 15 is 0 Å². The molecule has 0 aliphatic rings. The van der Waals surface area contributed by atoms with Gasteiger partial charge >= 0.3 is 12.1 Å². The highest BCUT2D eigenvalue weighted by Gasteiger charge is 2.30. The van der Waals surface area contributed by atoms with E-state index in [4.69, 9.17) is 9.47 Å². The van der Waals surface area contributed by atoms with Crippen LogP contribution in [0.5, 0.6) is 0 Å². The Bertz CT molecular complexity index is 670. The number of hydrogen-bond acceptors (Lipinski definition) is 5. The van der Waals surface area contributed by atoms with Crippen molar-refractivity contribution in [3.63, 3.8) is 0 Å². The lowest BCUT2D eigenvalue weighted by Crippen LogP contribution is -2.53. The molecule has 31 heavy (non-hydrogen) atoms. The van der Waals surface area contributed by atoms with Crippen LogP contribution >= 0.6 is 0 Å². The number of allylic oxidation sites excluding steroid dienone is 2. The van der Waals surface area contributed by atoms with Gasteiger partial charge in [-0.15, -0.1) is 0 Å². The summed E-state index contributed by atoms with van der Waals surface area (Å²) in [7, 11) is 0. The second-order valence-electron chi connectivity index (χ2n) is 9.31. The first-order chi connectivity index (χ1) is 14.3. The molecular weight excluding hydrogens is 396 g/mol. The van der Waals surface area contributed by atoms with E-state index in [0.717, 1.165) is 0 Å². The van der Waals surface area contributed by atoms with Crippen molar-refractivity contribution >= 4 is 18.0 Å². The molecule has 0 radical (unpaired) electrons. The maximum Gasteiger partial charge on any atom is 0.408 e. The Kier molecular flexibility index (Phi) is 12.5. The van der Waals surface area contributed by atoms with Crippen molar-refractivity contribution in [2.45, 2.75) is 79.0 Å². The molecular formula is C24H44N2O5. The highest BCUT2D eigenvalue weighted by atomic mass is 16.6. The predicted octanol–water partition coefficient (Wildman–Crippen LogP) is 4.79. The van der Waals surface area contributed by atoms with Crippen molar-refractivity contribution < 1.29 is 26.7 Å². The van der Waals surface area contributed by atoms with E-state index in [1.165, 1.54) is 0 Å². The van der Waals surface area contributed by atoms with E-state index in [9.17, 15) is 14.4 Å². The minimum atomic E-state index is -0.836. The van der Waals surface area contributed by atoms with Crippen LogP contribution in [0.3, 0.4) is 0 Å². The lowest BCUT2D eigenvalue weighted by molar-refractivity contribution is -0.147. The molecule has 7 heteroatoms. The topological polar surface area (TPSA) is 93.7 Å². The van der Waals surface area contributed by atoms with Gasteiger partial charge in [-0.25, -0.2) is 9.59 Å². The van der Waals surface area contributed by atoms with E-state index in [-0.39, 0.29) is 21.3 Å². The summed E-state index contributed by atoms with van der Waals surface area (Å²) in [6, 6.07) is -1.67. The molecule has 0 aromatic carbocycles. The Morgan fingerprint density at radius 2 is 1.52 bits per heavy atom. The average molecular weight is 441 g/mol. The molecule has 0 aromatic heterocycles. The van der Waals surface area contributed by atoms with Gasteiger partial charge in [0.15, 0.2) is 0 Å². The minimum absolute atomic E-state index is 0. The van der Waals surface area contributed by atoms with Gasteiger partial charge in [0.25, 0.3) is 0 Å². The van der Waals surface area contributed by atoms with Crippen molar-refractivity contribution in [1.29, 1.82) is 0 Å². The Labute approximate surface area is 190 Å². The summed E-state index contributed by atoms with van der Waals surface area (Å²) in [6.07, 6.45) is 4.98. The smallest absolute Gasteiger partial charge is 0.408 e. The zero-order chi connectivity index (χ0) is 24.2. The molecule has 0 aliphatic heterocycles. The largest absolute Gasteiger partial charge is 0.459 e. The predicted molar refractivity (Wildman–Crippen MR) is 128 cm³/mol. The van der Waals surface area contributed by atoms with Crippen LogP contribution in [-0.2, 0) is 19.1 Å². The zero-order valence-electron chi connectivity index (χ0n) is 20.1. The van der Waals surface area contributed by atoms with Gasteiger partial charge in [-0.3, -0.25) is 4.79 Å². The Balaban J connectivity index is -0.00000450. The fourth-order valence-corrected chi connectivity index (χ4v) is 2.69. The molecule has 0 saturated heterocycles. The van der Waals surface area contributed by atoms with Crippen LogP contribution in [0, 0.1) is 11.8 Å².